The first-order valence-corrected chi connectivity index (χ1v) is 21.4. The van der Waals surface area contributed by atoms with Crippen LogP contribution >= 0.6 is 11.3 Å². The zero-order chi connectivity index (χ0) is 38.0. The second-order valence-corrected chi connectivity index (χ2v) is 19.0. The van der Waals surface area contributed by atoms with Gasteiger partial charge in [0.05, 0.1) is 22.5 Å². The van der Waals surface area contributed by atoms with Gasteiger partial charge in [-0.3, -0.25) is 19.1 Å². The number of amides is 3. The topological polar surface area (TPSA) is 165 Å². The average molecular weight is 774 g/mol. The maximum absolute atomic E-state index is 14.3. The molecule has 0 radical (unpaired) electrons. The van der Waals surface area contributed by atoms with Crippen molar-refractivity contribution in [3.63, 3.8) is 0 Å². The lowest BCUT2D eigenvalue weighted by Crippen LogP contribution is -2.57. The zero-order valence-electron chi connectivity index (χ0n) is 31.1. The Balaban J connectivity index is 1.12. The number of aryl methyl sites for hydroxylation is 1. The summed E-state index contributed by atoms with van der Waals surface area (Å²) in [5.74, 6) is -0.772. The third-order valence-electron chi connectivity index (χ3n) is 11.7. The van der Waals surface area contributed by atoms with Gasteiger partial charge in [-0.2, -0.15) is 4.98 Å². The highest BCUT2D eigenvalue weighted by Crippen LogP contribution is 2.47. The van der Waals surface area contributed by atoms with Gasteiger partial charge >= 0.3 is 0 Å². The summed E-state index contributed by atoms with van der Waals surface area (Å²) < 4.78 is 36.3. The van der Waals surface area contributed by atoms with E-state index < -0.39 is 44.3 Å². The van der Waals surface area contributed by atoms with E-state index in [0.717, 1.165) is 42.3 Å². The van der Waals surface area contributed by atoms with Crippen LogP contribution in [0.25, 0.3) is 32.8 Å². The number of para-hydroxylation sites is 1. The van der Waals surface area contributed by atoms with Crippen molar-refractivity contribution in [2.45, 2.75) is 113 Å². The summed E-state index contributed by atoms with van der Waals surface area (Å²) in [6.07, 6.45) is 9.25. The molecular weight excluding hydrogens is 727 g/mol. The number of fused-ring (bicyclic) bond motifs is 5. The third-order valence-corrected chi connectivity index (χ3v) is 14.7. The van der Waals surface area contributed by atoms with Gasteiger partial charge in [0, 0.05) is 36.6 Å². The van der Waals surface area contributed by atoms with E-state index in [2.05, 4.69) is 23.9 Å². The molecule has 0 bridgehead atoms. The van der Waals surface area contributed by atoms with Crippen LogP contribution in [0.15, 0.2) is 41.8 Å². The number of benzene rings is 1. The van der Waals surface area contributed by atoms with Crippen LogP contribution in [0.3, 0.4) is 0 Å². The van der Waals surface area contributed by atoms with Gasteiger partial charge in [0.2, 0.25) is 27.7 Å². The fourth-order valence-electron chi connectivity index (χ4n) is 7.77. The zero-order valence-corrected chi connectivity index (χ0v) is 32.8. The Bertz CT molecular complexity index is 2290. The lowest BCUT2D eigenvalue weighted by atomic mass is 10.1. The predicted octanol–water partition coefficient (Wildman–Crippen LogP) is 5.50. The number of rotatable bonds is 7. The Hall–Kier alpha value is -4.37. The van der Waals surface area contributed by atoms with Crippen LogP contribution in [0.2, 0.25) is 0 Å². The molecule has 8 rings (SSSR count). The van der Waals surface area contributed by atoms with Crippen LogP contribution < -0.4 is 14.8 Å². The van der Waals surface area contributed by atoms with Crippen LogP contribution in [-0.2, 0) is 31.5 Å². The summed E-state index contributed by atoms with van der Waals surface area (Å²) in [6, 6.07) is 7.02. The highest BCUT2D eigenvalue weighted by molar-refractivity contribution is 7.91. The quantitative estimate of drug-likeness (QED) is 0.231. The first kappa shape index (κ1) is 36.6. The van der Waals surface area contributed by atoms with Gasteiger partial charge in [0.1, 0.15) is 28.7 Å². The third kappa shape index (κ3) is 6.56. The second kappa shape index (κ2) is 13.7. The van der Waals surface area contributed by atoms with Gasteiger partial charge in [-0.1, -0.05) is 57.0 Å². The standard InChI is InChI=1S/C39H47N7O6S2/c1-23(2)27-22-53-36(40-27)33-41-31-26-14-11-12-15-28(26)45(4)32(31)35(42-33)52-25-19-29-34(48)43-39(37(49)44-54(50,51)38(3)17-18-38)20-24(39)13-9-7-5-6-8-10-16-30(47)46(29)21-25/h9,11-15,22-25,29H,5-8,10,16-21H2,1-4H3,(H,43,48)(H,44,49). The molecule has 286 valence electrons. The molecule has 4 aliphatic rings. The Morgan fingerprint density at radius 3 is 2.63 bits per heavy atom. The number of thiazole rings is 1. The number of carbonyl (C=O) groups is 3. The molecule has 3 amide bonds. The summed E-state index contributed by atoms with van der Waals surface area (Å²) in [4.78, 5) is 58.3. The monoisotopic (exact) mass is 773 g/mol. The number of nitrogens with one attached hydrogen (secondary N) is 2. The minimum atomic E-state index is -3.94. The van der Waals surface area contributed by atoms with Gasteiger partial charge < -0.3 is 19.5 Å². The number of hydrogen-bond acceptors (Lipinski definition) is 10. The largest absolute Gasteiger partial charge is 0.471 e. The Morgan fingerprint density at radius 1 is 1.09 bits per heavy atom. The van der Waals surface area contributed by atoms with Crippen LogP contribution in [0.5, 0.6) is 5.88 Å². The number of carbonyl (C=O) groups excluding carboxylic acids is 3. The molecule has 2 aliphatic heterocycles. The summed E-state index contributed by atoms with van der Waals surface area (Å²) in [5.41, 5.74) is 1.87. The molecule has 2 saturated carbocycles. The molecule has 2 aliphatic carbocycles. The molecule has 5 heterocycles. The molecule has 3 aromatic heterocycles. The average Bonchev–Trinajstić information content (AvgIpc) is 3.84. The molecule has 4 aromatic rings. The molecule has 1 saturated heterocycles. The maximum Gasteiger partial charge on any atom is 0.259 e. The van der Waals surface area contributed by atoms with Crippen LogP contribution in [0.1, 0.15) is 96.6 Å². The number of hydrogen-bond donors (Lipinski definition) is 2. The van der Waals surface area contributed by atoms with E-state index >= 15 is 0 Å². The lowest BCUT2D eigenvalue weighted by Gasteiger charge is -2.27. The molecule has 13 nitrogen and oxygen atoms in total. The van der Waals surface area contributed by atoms with Gasteiger partial charge in [-0.25, -0.2) is 18.4 Å². The number of nitrogens with zero attached hydrogens (tertiary/aromatic N) is 5. The second-order valence-electron chi connectivity index (χ2n) is 15.9. The first-order chi connectivity index (χ1) is 25.8. The molecule has 4 atom stereocenters. The van der Waals surface area contributed by atoms with Crippen molar-refractivity contribution in [1.82, 2.24) is 34.5 Å². The van der Waals surface area contributed by atoms with Crippen molar-refractivity contribution >= 4 is 61.0 Å². The van der Waals surface area contributed by atoms with Crippen molar-refractivity contribution < 1.29 is 27.5 Å². The number of allylic oxidation sites excluding steroid dienone is 1. The van der Waals surface area contributed by atoms with E-state index in [1.54, 1.807) is 11.8 Å². The van der Waals surface area contributed by atoms with Crippen molar-refractivity contribution in [3.05, 3.63) is 47.5 Å². The van der Waals surface area contributed by atoms with E-state index in [1.807, 2.05) is 53.4 Å². The van der Waals surface area contributed by atoms with Crippen molar-refractivity contribution in [3.8, 4) is 16.7 Å². The van der Waals surface area contributed by atoms with Gasteiger partial charge in [0.25, 0.3) is 5.91 Å². The lowest BCUT2D eigenvalue weighted by molar-refractivity contribution is -0.139. The van der Waals surface area contributed by atoms with E-state index in [-0.39, 0.29) is 43.6 Å². The van der Waals surface area contributed by atoms with Crippen molar-refractivity contribution in [1.29, 1.82) is 0 Å². The molecule has 1 aromatic carbocycles. The molecule has 0 spiro atoms. The van der Waals surface area contributed by atoms with Crippen molar-refractivity contribution in [2.75, 3.05) is 6.54 Å². The summed E-state index contributed by atoms with van der Waals surface area (Å²) >= 11 is 1.47. The molecule has 2 N–H and O–H groups in total. The van der Waals surface area contributed by atoms with Crippen LogP contribution in [0, 0.1) is 5.92 Å². The summed E-state index contributed by atoms with van der Waals surface area (Å²) in [7, 11) is -2.00. The molecule has 3 fully saturated rings. The van der Waals surface area contributed by atoms with E-state index in [4.69, 9.17) is 19.7 Å². The molecule has 4 unspecified atom stereocenters. The summed E-state index contributed by atoms with van der Waals surface area (Å²) in [5, 5.41) is 6.57. The van der Waals surface area contributed by atoms with Gasteiger partial charge in [-0.05, 0) is 57.4 Å². The number of aromatic nitrogens is 4. The predicted molar refractivity (Wildman–Crippen MR) is 206 cm³/mol. The number of ether oxygens (including phenoxy) is 1. The van der Waals surface area contributed by atoms with Gasteiger partial charge in [-0.15, -0.1) is 11.3 Å². The maximum atomic E-state index is 14.3. The minimum absolute atomic E-state index is 0.145. The Labute approximate surface area is 319 Å². The summed E-state index contributed by atoms with van der Waals surface area (Å²) in [6.45, 7) is 5.93. The fraction of sp³-hybridized carbons (Fsp3) is 0.538. The minimum Gasteiger partial charge on any atom is -0.471 e. The first-order valence-electron chi connectivity index (χ1n) is 19.0. The van der Waals surface area contributed by atoms with E-state index in [9.17, 15) is 22.8 Å². The normalized spacial score (nSPS) is 25.9. The van der Waals surface area contributed by atoms with Crippen LogP contribution in [0.4, 0.5) is 0 Å². The Morgan fingerprint density at radius 2 is 1.87 bits per heavy atom. The highest BCUT2D eigenvalue weighted by Gasteiger charge is 2.63. The molecule has 54 heavy (non-hydrogen) atoms. The SMILES string of the molecule is CC(C)c1csc(-c2nc(OC3CC4C(=O)NC5(C(=O)NS(=O)(=O)C6(C)CC6)CC5C=CCCCCCCC(=O)N4C3)c3c(n2)c2ccccc2n3C)n1. The smallest absolute Gasteiger partial charge is 0.259 e. The fourth-order valence-corrected chi connectivity index (χ4v) is 9.99. The van der Waals surface area contributed by atoms with Crippen molar-refractivity contribution in [2.24, 2.45) is 13.0 Å². The Kier molecular flexibility index (Phi) is 9.31. The van der Waals surface area contributed by atoms with Gasteiger partial charge in [0.15, 0.2) is 10.8 Å². The highest BCUT2D eigenvalue weighted by atomic mass is 32.2. The van der Waals surface area contributed by atoms with Crippen LogP contribution in [-0.4, -0.2) is 79.5 Å². The molecule has 15 heteroatoms. The van der Waals surface area contributed by atoms with E-state index in [1.165, 1.54) is 11.3 Å². The number of sulfonamides is 1. The van der Waals surface area contributed by atoms with E-state index in [0.29, 0.717) is 47.0 Å². The molecular formula is C39H47N7O6S2.